The van der Waals surface area contributed by atoms with E-state index in [1.807, 2.05) is 29.8 Å². The summed E-state index contributed by atoms with van der Waals surface area (Å²) in [6, 6.07) is 6.00. The Labute approximate surface area is 99.9 Å². The Bertz CT molecular complexity index is 570. The summed E-state index contributed by atoms with van der Waals surface area (Å²) >= 11 is 0. The number of fused-ring (bicyclic) bond motifs is 1. The molecular formula is C13H16N2O2. The van der Waals surface area contributed by atoms with Gasteiger partial charge in [0, 0.05) is 11.4 Å². The lowest BCUT2D eigenvalue weighted by Crippen LogP contribution is -2.03. The predicted molar refractivity (Wildman–Crippen MR) is 66.2 cm³/mol. The molecule has 0 amide bonds. The standard InChI is InChI=1S/C13H16N2O2/c1-8(2)15-11-6-4-5-10(7-12(16)17)13(11)9(3)14-15/h4-6,8H,7H2,1-3H3,(H,16,17). The second kappa shape index (κ2) is 4.20. The maximum absolute atomic E-state index is 10.8. The first-order chi connectivity index (χ1) is 8.00. The zero-order valence-corrected chi connectivity index (χ0v) is 10.3. The van der Waals surface area contributed by atoms with Gasteiger partial charge in [0.2, 0.25) is 0 Å². The molecule has 0 unspecified atom stereocenters. The lowest BCUT2D eigenvalue weighted by molar-refractivity contribution is -0.136. The van der Waals surface area contributed by atoms with E-state index in [9.17, 15) is 4.79 Å². The fourth-order valence-electron chi connectivity index (χ4n) is 2.16. The number of hydrogen-bond acceptors (Lipinski definition) is 2. The van der Waals surface area contributed by atoms with Crippen LogP contribution < -0.4 is 0 Å². The van der Waals surface area contributed by atoms with Crippen molar-refractivity contribution in [3.05, 3.63) is 29.5 Å². The number of nitrogens with zero attached hydrogens (tertiary/aromatic N) is 2. The molecule has 2 aromatic rings. The van der Waals surface area contributed by atoms with Crippen molar-refractivity contribution in [2.75, 3.05) is 0 Å². The maximum Gasteiger partial charge on any atom is 0.307 e. The van der Waals surface area contributed by atoms with Gasteiger partial charge in [-0.25, -0.2) is 0 Å². The molecule has 0 aliphatic heterocycles. The van der Waals surface area contributed by atoms with Crippen LogP contribution in [0.4, 0.5) is 0 Å². The molecule has 4 nitrogen and oxygen atoms in total. The number of carboxylic acids is 1. The third-order valence-corrected chi connectivity index (χ3v) is 2.83. The minimum atomic E-state index is -0.811. The van der Waals surface area contributed by atoms with Crippen LogP contribution in [0.1, 0.15) is 31.1 Å². The molecule has 1 N–H and O–H groups in total. The Morgan fingerprint density at radius 3 is 2.76 bits per heavy atom. The van der Waals surface area contributed by atoms with E-state index in [1.54, 1.807) is 0 Å². The Morgan fingerprint density at radius 1 is 1.47 bits per heavy atom. The van der Waals surface area contributed by atoms with Gasteiger partial charge < -0.3 is 5.11 Å². The number of carboxylic acid groups (broad SMARTS) is 1. The van der Waals surface area contributed by atoms with E-state index >= 15 is 0 Å². The quantitative estimate of drug-likeness (QED) is 0.884. The molecule has 1 aromatic heterocycles. The molecule has 0 spiro atoms. The highest BCUT2D eigenvalue weighted by molar-refractivity contribution is 5.88. The van der Waals surface area contributed by atoms with E-state index in [-0.39, 0.29) is 12.5 Å². The summed E-state index contributed by atoms with van der Waals surface area (Å²) < 4.78 is 1.94. The van der Waals surface area contributed by atoms with Crippen LogP contribution >= 0.6 is 0 Å². The molecule has 0 aliphatic carbocycles. The van der Waals surface area contributed by atoms with Gasteiger partial charge in [0.15, 0.2) is 0 Å². The normalized spacial score (nSPS) is 11.3. The van der Waals surface area contributed by atoms with Crippen LogP contribution in [0.2, 0.25) is 0 Å². The van der Waals surface area contributed by atoms with Crippen LogP contribution in [0.3, 0.4) is 0 Å². The Morgan fingerprint density at radius 2 is 2.18 bits per heavy atom. The van der Waals surface area contributed by atoms with Crippen LogP contribution in [-0.4, -0.2) is 20.9 Å². The summed E-state index contributed by atoms with van der Waals surface area (Å²) in [6.45, 7) is 6.05. The molecule has 0 atom stereocenters. The number of aromatic nitrogens is 2. The van der Waals surface area contributed by atoms with Gasteiger partial charge in [-0.1, -0.05) is 12.1 Å². The van der Waals surface area contributed by atoms with Gasteiger partial charge in [-0.2, -0.15) is 5.10 Å². The smallest absolute Gasteiger partial charge is 0.307 e. The van der Waals surface area contributed by atoms with Gasteiger partial charge in [-0.15, -0.1) is 0 Å². The topological polar surface area (TPSA) is 55.1 Å². The Balaban J connectivity index is 2.68. The van der Waals surface area contributed by atoms with Crippen molar-refractivity contribution < 1.29 is 9.90 Å². The molecular weight excluding hydrogens is 216 g/mol. The second-order valence-corrected chi connectivity index (χ2v) is 4.51. The highest BCUT2D eigenvalue weighted by Crippen LogP contribution is 2.25. The highest BCUT2D eigenvalue weighted by atomic mass is 16.4. The maximum atomic E-state index is 10.8. The first-order valence-corrected chi connectivity index (χ1v) is 5.69. The van der Waals surface area contributed by atoms with Crippen molar-refractivity contribution in [1.82, 2.24) is 9.78 Å². The van der Waals surface area contributed by atoms with Crippen LogP contribution in [0.15, 0.2) is 18.2 Å². The molecule has 0 fully saturated rings. The predicted octanol–water partition coefficient (Wildman–Crippen LogP) is 2.55. The van der Waals surface area contributed by atoms with E-state index in [2.05, 4.69) is 18.9 Å². The lowest BCUT2D eigenvalue weighted by atomic mass is 10.1. The van der Waals surface area contributed by atoms with E-state index in [1.165, 1.54) is 0 Å². The van der Waals surface area contributed by atoms with Crippen LogP contribution in [0, 0.1) is 6.92 Å². The monoisotopic (exact) mass is 232 g/mol. The van der Waals surface area contributed by atoms with Gasteiger partial charge in [0.25, 0.3) is 0 Å². The van der Waals surface area contributed by atoms with Crippen molar-refractivity contribution in [2.24, 2.45) is 0 Å². The number of hydrogen-bond donors (Lipinski definition) is 1. The fourth-order valence-corrected chi connectivity index (χ4v) is 2.16. The summed E-state index contributed by atoms with van der Waals surface area (Å²) in [4.78, 5) is 10.8. The van der Waals surface area contributed by atoms with Crippen molar-refractivity contribution in [1.29, 1.82) is 0 Å². The number of benzene rings is 1. The van der Waals surface area contributed by atoms with Gasteiger partial charge >= 0.3 is 5.97 Å². The molecule has 17 heavy (non-hydrogen) atoms. The summed E-state index contributed by atoms with van der Waals surface area (Å²) in [5, 5.41) is 14.4. The molecule has 4 heteroatoms. The molecule has 90 valence electrons. The first kappa shape index (κ1) is 11.6. The third-order valence-electron chi connectivity index (χ3n) is 2.83. The van der Waals surface area contributed by atoms with Gasteiger partial charge in [0.1, 0.15) is 0 Å². The largest absolute Gasteiger partial charge is 0.481 e. The number of aryl methyl sites for hydroxylation is 1. The average Bonchev–Trinajstić information content (AvgIpc) is 2.56. The van der Waals surface area contributed by atoms with E-state index in [0.717, 1.165) is 22.2 Å². The van der Waals surface area contributed by atoms with Crippen LogP contribution in [0.25, 0.3) is 10.9 Å². The van der Waals surface area contributed by atoms with Gasteiger partial charge in [-0.3, -0.25) is 9.48 Å². The minimum Gasteiger partial charge on any atom is -0.481 e. The van der Waals surface area contributed by atoms with Gasteiger partial charge in [-0.05, 0) is 32.4 Å². The van der Waals surface area contributed by atoms with Crippen LogP contribution in [0.5, 0.6) is 0 Å². The van der Waals surface area contributed by atoms with Crippen LogP contribution in [-0.2, 0) is 11.2 Å². The lowest BCUT2D eigenvalue weighted by Gasteiger charge is -2.07. The molecule has 0 aliphatic rings. The SMILES string of the molecule is Cc1nn(C(C)C)c2cccc(CC(=O)O)c12. The fraction of sp³-hybridized carbons (Fsp3) is 0.385. The molecule has 1 heterocycles. The number of aliphatic carboxylic acids is 1. The third kappa shape index (κ3) is 2.02. The first-order valence-electron chi connectivity index (χ1n) is 5.69. The summed E-state index contributed by atoms with van der Waals surface area (Å²) in [5.74, 6) is -0.811. The molecule has 0 saturated heterocycles. The molecule has 0 radical (unpaired) electrons. The molecule has 1 aromatic carbocycles. The highest BCUT2D eigenvalue weighted by Gasteiger charge is 2.14. The second-order valence-electron chi connectivity index (χ2n) is 4.51. The van der Waals surface area contributed by atoms with Crippen molar-refractivity contribution in [3.63, 3.8) is 0 Å². The summed E-state index contributed by atoms with van der Waals surface area (Å²) in [6.07, 6.45) is 0.0436. The van der Waals surface area contributed by atoms with E-state index in [4.69, 9.17) is 5.11 Å². The summed E-state index contributed by atoms with van der Waals surface area (Å²) in [7, 11) is 0. The minimum absolute atomic E-state index is 0.0436. The molecule has 2 rings (SSSR count). The zero-order valence-electron chi connectivity index (χ0n) is 10.3. The van der Waals surface area contributed by atoms with Crippen molar-refractivity contribution in [2.45, 2.75) is 33.2 Å². The molecule has 0 saturated carbocycles. The Hall–Kier alpha value is -1.84. The Kier molecular flexibility index (Phi) is 2.88. The average molecular weight is 232 g/mol. The van der Waals surface area contributed by atoms with Crippen molar-refractivity contribution >= 4 is 16.9 Å². The van der Waals surface area contributed by atoms with Crippen molar-refractivity contribution in [3.8, 4) is 0 Å². The summed E-state index contributed by atoms with van der Waals surface area (Å²) in [5.41, 5.74) is 2.74. The molecule has 0 bridgehead atoms. The van der Waals surface area contributed by atoms with Gasteiger partial charge in [0.05, 0.1) is 17.6 Å². The zero-order chi connectivity index (χ0) is 12.6. The van der Waals surface area contributed by atoms with E-state index in [0.29, 0.717) is 0 Å². The number of carbonyl (C=O) groups is 1. The number of rotatable bonds is 3. The van der Waals surface area contributed by atoms with E-state index < -0.39 is 5.97 Å².